The molecule has 0 saturated carbocycles. The minimum atomic E-state index is -3.25. The number of nitrogens with one attached hydrogen (secondary N) is 2. The van der Waals surface area contributed by atoms with Gasteiger partial charge >= 0.3 is 0 Å². The minimum absolute atomic E-state index is 0.107. The molecule has 0 unspecified atom stereocenters. The Labute approximate surface area is 247 Å². The van der Waals surface area contributed by atoms with Crippen LogP contribution < -0.4 is 14.9 Å². The molecule has 9 nitrogen and oxygen atoms in total. The molecule has 4 rings (SSSR count). The highest BCUT2D eigenvalue weighted by Gasteiger charge is 2.25. The van der Waals surface area contributed by atoms with Gasteiger partial charge in [-0.25, -0.2) is 23.1 Å². The van der Waals surface area contributed by atoms with Crippen LogP contribution in [-0.4, -0.2) is 68.2 Å². The second-order valence-electron chi connectivity index (χ2n) is 9.65. The lowest BCUT2D eigenvalue weighted by atomic mass is 10.1. The summed E-state index contributed by atoms with van der Waals surface area (Å²) in [6.45, 7) is 5.08. The van der Waals surface area contributed by atoms with Crippen LogP contribution >= 0.6 is 45.9 Å². The number of hydrogen-bond acceptors (Lipinski definition) is 9. The van der Waals surface area contributed by atoms with E-state index in [1.807, 2.05) is 16.3 Å². The highest BCUT2D eigenvalue weighted by molar-refractivity contribution is 7.88. The molecule has 0 radical (unpaired) electrons. The van der Waals surface area contributed by atoms with Gasteiger partial charge in [-0.3, -0.25) is 10.1 Å². The van der Waals surface area contributed by atoms with Crippen LogP contribution in [0.1, 0.15) is 47.8 Å². The SMILES string of the molecule is CCCCN(C)Cc1sc(NC(=O)c2cnc(N3CCC(NS(C)(=O)=O)CC3)c(Cl)c2)nc1-c1cc(Cl)cs1. The first kappa shape index (κ1) is 30.2. The lowest BCUT2D eigenvalue weighted by Crippen LogP contribution is -2.44. The van der Waals surface area contributed by atoms with Gasteiger partial charge in [-0.15, -0.1) is 11.3 Å². The third-order valence-electron chi connectivity index (χ3n) is 6.28. The van der Waals surface area contributed by atoms with Gasteiger partial charge in [0.25, 0.3) is 5.91 Å². The Hall–Kier alpha value is -1.80. The third kappa shape index (κ3) is 8.35. The van der Waals surface area contributed by atoms with E-state index in [0.29, 0.717) is 52.5 Å². The first-order valence-corrected chi connectivity index (χ1v) is 17.0. The van der Waals surface area contributed by atoms with Gasteiger partial charge in [0.1, 0.15) is 5.82 Å². The molecular formula is C25H32Cl2N6O3S3. The van der Waals surface area contributed by atoms with Gasteiger partial charge in [0, 0.05) is 42.1 Å². The number of aromatic nitrogens is 2. The normalized spacial score (nSPS) is 14.8. The summed E-state index contributed by atoms with van der Waals surface area (Å²) in [5.41, 5.74) is 1.16. The number of unbranched alkanes of at least 4 members (excludes halogenated alkanes) is 1. The number of amides is 1. The van der Waals surface area contributed by atoms with Gasteiger partial charge in [-0.05, 0) is 45.0 Å². The molecule has 0 bridgehead atoms. The van der Waals surface area contributed by atoms with E-state index in [2.05, 4.69) is 33.9 Å². The Balaban J connectivity index is 1.45. The fourth-order valence-electron chi connectivity index (χ4n) is 4.36. The van der Waals surface area contributed by atoms with Crippen molar-refractivity contribution in [3.63, 3.8) is 0 Å². The molecule has 2 N–H and O–H groups in total. The van der Waals surface area contributed by atoms with Crippen LogP contribution in [0.25, 0.3) is 10.6 Å². The van der Waals surface area contributed by atoms with Crippen molar-refractivity contribution < 1.29 is 13.2 Å². The van der Waals surface area contributed by atoms with Crippen LogP contribution in [0, 0.1) is 0 Å². The van der Waals surface area contributed by atoms with Crippen LogP contribution in [0.2, 0.25) is 10.0 Å². The molecule has 0 aliphatic carbocycles. The molecule has 0 spiro atoms. The van der Waals surface area contributed by atoms with E-state index in [-0.39, 0.29) is 11.9 Å². The van der Waals surface area contributed by atoms with Crippen molar-refractivity contribution >= 4 is 72.8 Å². The number of rotatable bonds is 11. The number of carbonyl (C=O) groups is 1. The van der Waals surface area contributed by atoms with Crippen LogP contribution in [0.15, 0.2) is 23.7 Å². The van der Waals surface area contributed by atoms with Crippen molar-refractivity contribution in [2.24, 2.45) is 0 Å². The smallest absolute Gasteiger partial charge is 0.259 e. The molecule has 1 saturated heterocycles. The fraction of sp³-hybridized carbons (Fsp3) is 0.480. The second-order valence-corrected chi connectivity index (χ2v) is 14.3. The van der Waals surface area contributed by atoms with E-state index < -0.39 is 10.0 Å². The number of anilines is 2. The molecule has 3 aromatic heterocycles. The molecule has 39 heavy (non-hydrogen) atoms. The maximum atomic E-state index is 13.1. The predicted molar refractivity (Wildman–Crippen MR) is 162 cm³/mol. The summed E-state index contributed by atoms with van der Waals surface area (Å²) in [7, 11) is -1.17. The number of piperidine rings is 1. The zero-order chi connectivity index (χ0) is 28.2. The molecule has 1 aliphatic rings. The maximum Gasteiger partial charge on any atom is 0.259 e. The summed E-state index contributed by atoms with van der Waals surface area (Å²) >= 11 is 15.7. The Morgan fingerprint density at radius 3 is 2.62 bits per heavy atom. The predicted octanol–water partition coefficient (Wildman–Crippen LogP) is 5.58. The fourth-order valence-corrected chi connectivity index (χ4v) is 7.70. The van der Waals surface area contributed by atoms with Crippen molar-refractivity contribution in [3.8, 4) is 10.6 Å². The zero-order valence-electron chi connectivity index (χ0n) is 22.0. The summed E-state index contributed by atoms with van der Waals surface area (Å²) in [5.74, 6) is 0.233. The quantitative estimate of drug-likeness (QED) is 0.285. The number of thiazole rings is 1. The van der Waals surface area contributed by atoms with Gasteiger partial charge in [-0.1, -0.05) is 47.9 Å². The van der Waals surface area contributed by atoms with E-state index in [0.717, 1.165) is 41.4 Å². The first-order valence-electron chi connectivity index (χ1n) is 12.6. The molecular weight excluding hydrogens is 599 g/mol. The van der Waals surface area contributed by atoms with E-state index in [1.165, 1.54) is 35.1 Å². The van der Waals surface area contributed by atoms with Gasteiger partial charge in [-0.2, -0.15) is 0 Å². The maximum absolute atomic E-state index is 13.1. The van der Waals surface area contributed by atoms with E-state index in [4.69, 9.17) is 28.2 Å². The van der Waals surface area contributed by atoms with Crippen molar-refractivity contribution in [1.82, 2.24) is 19.6 Å². The number of carbonyl (C=O) groups excluding carboxylic acids is 1. The molecule has 14 heteroatoms. The molecule has 1 fully saturated rings. The van der Waals surface area contributed by atoms with E-state index in [1.54, 1.807) is 6.07 Å². The van der Waals surface area contributed by atoms with Gasteiger partial charge in [0.15, 0.2) is 5.13 Å². The summed E-state index contributed by atoms with van der Waals surface area (Å²) in [6.07, 6.45) is 6.19. The van der Waals surface area contributed by atoms with Gasteiger partial charge < -0.3 is 9.80 Å². The largest absolute Gasteiger partial charge is 0.355 e. The summed E-state index contributed by atoms with van der Waals surface area (Å²) in [5, 5.41) is 6.31. The molecule has 3 aromatic rings. The molecule has 4 heterocycles. The van der Waals surface area contributed by atoms with Crippen LogP contribution in [0.5, 0.6) is 0 Å². The average Bonchev–Trinajstić information content (AvgIpc) is 3.47. The van der Waals surface area contributed by atoms with Crippen LogP contribution in [-0.2, 0) is 16.6 Å². The van der Waals surface area contributed by atoms with Crippen molar-refractivity contribution in [3.05, 3.63) is 44.2 Å². The molecule has 1 aliphatic heterocycles. The van der Waals surface area contributed by atoms with Crippen molar-refractivity contribution in [1.29, 1.82) is 0 Å². The summed E-state index contributed by atoms with van der Waals surface area (Å²) in [6, 6.07) is 3.39. The zero-order valence-corrected chi connectivity index (χ0v) is 26.0. The van der Waals surface area contributed by atoms with Crippen LogP contribution in [0.4, 0.5) is 10.9 Å². The lowest BCUT2D eigenvalue weighted by molar-refractivity contribution is 0.102. The minimum Gasteiger partial charge on any atom is -0.355 e. The number of thiophene rings is 1. The number of halogens is 2. The summed E-state index contributed by atoms with van der Waals surface area (Å²) in [4.78, 5) is 28.6. The van der Waals surface area contributed by atoms with E-state index >= 15 is 0 Å². The monoisotopic (exact) mass is 630 g/mol. The van der Waals surface area contributed by atoms with Gasteiger partial charge in [0.2, 0.25) is 10.0 Å². The third-order valence-corrected chi connectivity index (χ3v) is 9.56. The number of pyridine rings is 1. The van der Waals surface area contributed by atoms with Crippen molar-refractivity contribution in [2.45, 2.75) is 45.2 Å². The highest BCUT2D eigenvalue weighted by atomic mass is 35.5. The number of hydrogen-bond donors (Lipinski definition) is 2. The molecule has 0 aromatic carbocycles. The second kappa shape index (κ2) is 13.2. The Bertz CT molecular complexity index is 1400. The molecule has 1 amide bonds. The summed E-state index contributed by atoms with van der Waals surface area (Å²) < 4.78 is 25.7. The lowest BCUT2D eigenvalue weighted by Gasteiger charge is -2.33. The standard InChI is InChI=1S/C25H32Cl2N6O3S3/c1-4-5-8-32(2)14-21-22(20-12-17(26)15-37-20)29-25(38-21)30-24(34)16-11-19(27)23(28-13-16)33-9-6-18(7-10-33)31-39(3,35)36/h11-13,15,18,31H,4-10,14H2,1-3H3,(H,29,30,34). The molecule has 212 valence electrons. The topological polar surface area (TPSA) is 108 Å². The van der Waals surface area contributed by atoms with Gasteiger partial charge in [0.05, 0.1) is 32.4 Å². The molecule has 0 atom stereocenters. The Kier molecular flexibility index (Phi) is 10.2. The first-order chi connectivity index (χ1) is 18.5. The average molecular weight is 632 g/mol. The van der Waals surface area contributed by atoms with Crippen LogP contribution in [0.3, 0.4) is 0 Å². The van der Waals surface area contributed by atoms with Crippen molar-refractivity contribution in [2.75, 3.05) is 43.2 Å². The Morgan fingerprint density at radius 1 is 1.26 bits per heavy atom. The highest BCUT2D eigenvalue weighted by Crippen LogP contribution is 2.37. The van der Waals surface area contributed by atoms with E-state index in [9.17, 15) is 13.2 Å². The number of nitrogens with zero attached hydrogens (tertiary/aromatic N) is 4. The Morgan fingerprint density at radius 2 is 2.00 bits per heavy atom. The number of sulfonamides is 1.